The Balaban J connectivity index is 0.772. The van der Waals surface area contributed by atoms with E-state index in [1.165, 1.54) is 87.7 Å². The topological polar surface area (TPSA) is 27.9 Å². The number of furan rings is 1. The molecule has 0 spiro atoms. The van der Waals surface area contributed by atoms with Crippen molar-refractivity contribution in [3.8, 4) is 50.4 Å². The first-order chi connectivity index (χ1) is 34.7. The van der Waals surface area contributed by atoms with Crippen LogP contribution in [0.1, 0.15) is 0 Å². The van der Waals surface area contributed by atoms with E-state index < -0.39 is 0 Å². The van der Waals surface area contributed by atoms with Gasteiger partial charge in [-0.15, -0.1) is 0 Å². The molecule has 15 aromatic rings. The SMILES string of the molecule is c1ccc(-n2c3ccccc3c3ccc(-c4cccc5c4c4ccccc4n5-c4ccc(-c5ccc(-c6ccc7oc8ccc(-n9c%10ccccc%10c%10ccccc%109)cc8c7c6)cc5)cc4)cc32)cc1. The fourth-order valence-corrected chi connectivity index (χ4v) is 11.5. The van der Waals surface area contributed by atoms with Crippen LogP contribution in [0.2, 0.25) is 0 Å². The Morgan fingerprint density at radius 2 is 0.657 bits per heavy atom. The second-order valence-electron chi connectivity index (χ2n) is 18.5. The van der Waals surface area contributed by atoms with E-state index in [0.29, 0.717) is 0 Å². The molecule has 15 rings (SSSR count). The third-order valence-corrected chi connectivity index (χ3v) is 14.7. The molecule has 0 amide bonds. The molecule has 0 saturated carbocycles. The molecule has 0 unspecified atom stereocenters. The predicted molar refractivity (Wildman–Crippen MR) is 293 cm³/mol. The van der Waals surface area contributed by atoms with E-state index in [0.717, 1.165) is 50.1 Å². The molecule has 0 radical (unpaired) electrons. The van der Waals surface area contributed by atoms with Gasteiger partial charge in [0.1, 0.15) is 11.2 Å². The van der Waals surface area contributed by atoms with Gasteiger partial charge in [0, 0.05) is 60.2 Å². The minimum absolute atomic E-state index is 0.887. The molecule has 70 heavy (non-hydrogen) atoms. The van der Waals surface area contributed by atoms with Gasteiger partial charge in [0.2, 0.25) is 0 Å². The lowest BCUT2D eigenvalue weighted by Crippen LogP contribution is -1.94. The lowest BCUT2D eigenvalue weighted by molar-refractivity contribution is 0.669. The maximum atomic E-state index is 6.41. The van der Waals surface area contributed by atoms with Crippen molar-refractivity contribution in [3.63, 3.8) is 0 Å². The molecular formula is C66H41N3O. The van der Waals surface area contributed by atoms with Crippen LogP contribution in [-0.4, -0.2) is 13.7 Å². The number of hydrogen-bond acceptors (Lipinski definition) is 1. The third kappa shape index (κ3) is 5.77. The summed E-state index contributed by atoms with van der Waals surface area (Å²) in [5, 5.41) is 9.73. The van der Waals surface area contributed by atoms with E-state index in [4.69, 9.17) is 4.42 Å². The molecule has 11 aromatic carbocycles. The number of rotatable bonds is 6. The van der Waals surface area contributed by atoms with E-state index in [1.807, 2.05) is 0 Å². The van der Waals surface area contributed by atoms with Gasteiger partial charge >= 0.3 is 0 Å². The van der Waals surface area contributed by atoms with Crippen molar-refractivity contribution in [3.05, 3.63) is 249 Å². The van der Waals surface area contributed by atoms with Crippen LogP contribution < -0.4 is 0 Å². The summed E-state index contributed by atoms with van der Waals surface area (Å²) in [6.07, 6.45) is 0. The fourth-order valence-electron chi connectivity index (χ4n) is 11.5. The molecule has 0 bridgehead atoms. The van der Waals surface area contributed by atoms with Crippen LogP contribution in [0.3, 0.4) is 0 Å². The Bertz CT molecular complexity index is 4510. The summed E-state index contributed by atoms with van der Waals surface area (Å²) in [4.78, 5) is 0. The smallest absolute Gasteiger partial charge is 0.135 e. The first-order valence-corrected chi connectivity index (χ1v) is 24.0. The van der Waals surface area contributed by atoms with Crippen molar-refractivity contribution >= 4 is 87.4 Å². The van der Waals surface area contributed by atoms with Gasteiger partial charge in [-0.2, -0.15) is 0 Å². The molecule has 0 aliphatic carbocycles. The van der Waals surface area contributed by atoms with E-state index >= 15 is 0 Å². The van der Waals surface area contributed by atoms with Gasteiger partial charge in [-0.1, -0.05) is 158 Å². The Morgan fingerprint density at radius 3 is 1.31 bits per heavy atom. The molecule has 0 aliphatic rings. The van der Waals surface area contributed by atoms with Crippen molar-refractivity contribution in [2.24, 2.45) is 0 Å². The van der Waals surface area contributed by atoms with Crippen LogP contribution in [0.5, 0.6) is 0 Å². The first-order valence-electron chi connectivity index (χ1n) is 24.0. The molecule has 326 valence electrons. The summed E-state index contributed by atoms with van der Waals surface area (Å²) in [6.45, 7) is 0. The van der Waals surface area contributed by atoms with Gasteiger partial charge in [-0.25, -0.2) is 0 Å². The largest absolute Gasteiger partial charge is 0.456 e. The number of hydrogen-bond donors (Lipinski definition) is 0. The molecule has 0 fully saturated rings. The van der Waals surface area contributed by atoms with Crippen LogP contribution >= 0.6 is 0 Å². The van der Waals surface area contributed by atoms with Gasteiger partial charge in [0.05, 0.1) is 33.1 Å². The highest BCUT2D eigenvalue weighted by atomic mass is 16.3. The number of fused-ring (bicyclic) bond motifs is 12. The van der Waals surface area contributed by atoms with Gasteiger partial charge < -0.3 is 18.1 Å². The van der Waals surface area contributed by atoms with Gasteiger partial charge in [0.15, 0.2) is 0 Å². The highest BCUT2D eigenvalue weighted by molar-refractivity contribution is 6.17. The van der Waals surface area contributed by atoms with E-state index in [2.05, 4.69) is 262 Å². The monoisotopic (exact) mass is 891 g/mol. The zero-order valence-electron chi connectivity index (χ0n) is 37.9. The lowest BCUT2D eigenvalue weighted by Gasteiger charge is -2.11. The highest BCUT2D eigenvalue weighted by Gasteiger charge is 2.19. The molecule has 0 saturated heterocycles. The van der Waals surface area contributed by atoms with Crippen molar-refractivity contribution in [1.82, 2.24) is 13.7 Å². The predicted octanol–water partition coefficient (Wildman–Crippen LogP) is 17.9. The van der Waals surface area contributed by atoms with Crippen molar-refractivity contribution < 1.29 is 4.42 Å². The maximum Gasteiger partial charge on any atom is 0.135 e. The van der Waals surface area contributed by atoms with Crippen LogP contribution in [0.25, 0.3) is 138 Å². The average Bonchev–Trinajstić information content (AvgIpc) is 4.17. The van der Waals surface area contributed by atoms with Crippen LogP contribution in [0.15, 0.2) is 253 Å². The second kappa shape index (κ2) is 15.1. The summed E-state index contributed by atoms with van der Waals surface area (Å²) in [5.41, 5.74) is 19.4. The van der Waals surface area contributed by atoms with Crippen molar-refractivity contribution in [2.75, 3.05) is 0 Å². The van der Waals surface area contributed by atoms with Crippen LogP contribution in [0.4, 0.5) is 0 Å². The summed E-state index contributed by atoms with van der Waals surface area (Å²) in [6, 6.07) is 90.4. The zero-order chi connectivity index (χ0) is 45.9. The maximum absolute atomic E-state index is 6.41. The van der Waals surface area contributed by atoms with Crippen molar-refractivity contribution in [2.45, 2.75) is 0 Å². The number of benzene rings is 11. The Morgan fingerprint density at radius 1 is 0.229 bits per heavy atom. The zero-order valence-corrected chi connectivity index (χ0v) is 37.9. The molecule has 0 aliphatic heterocycles. The quantitative estimate of drug-likeness (QED) is 0.163. The summed E-state index contributed by atoms with van der Waals surface area (Å²) >= 11 is 0. The fraction of sp³-hybridized carbons (Fsp3) is 0. The Kier molecular flexibility index (Phi) is 8.33. The number of para-hydroxylation sites is 5. The first kappa shape index (κ1) is 38.7. The third-order valence-electron chi connectivity index (χ3n) is 14.7. The van der Waals surface area contributed by atoms with E-state index in [9.17, 15) is 0 Å². The molecule has 0 atom stereocenters. The Labute approximate surface area is 402 Å². The van der Waals surface area contributed by atoms with Gasteiger partial charge in [0.25, 0.3) is 0 Å². The molecule has 4 heteroatoms. The molecule has 4 heterocycles. The van der Waals surface area contributed by atoms with Crippen molar-refractivity contribution in [1.29, 1.82) is 0 Å². The number of nitrogens with zero attached hydrogens (tertiary/aromatic N) is 3. The minimum atomic E-state index is 0.887. The summed E-state index contributed by atoms with van der Waals surface area (Å²) < 4.78 is 13.6. The molecule has 0 N–H and O–H groups in total. The summed E-state index contributed by atoms with van der Waals surface area (Å²) in [5.74, 6) is 0. The minimum Gasteiger partial charge on any atom is -0.456 e. The Hall–Kier alpha value is -9.38. The number of aromatic nitrogens is 3. The summed E-state index contributed by atoms with van der Waals surface area (Å²) in [7, 11) is 0. The van der Waals surface area contributed by atoms with Gasteiger partial charge in [-0.3, -0.25) is 0 Å². The molecule has 4 aromatic heterocycles. The normalized spacial score (nSPS) is 12.0. The van der Waals surface area contributed by atoms with E-state index in [-0.39, 0.29) is 0 Å². The van der Waals surface area contributed by atoms with Gasteiger partial charge in [-0.05, 0) is 124 Å². The second-order valence-corrected chi connectivity index (χ2v) is 18.5. The van der Waals surface area contributed by atoms with E-state index in [1.54, 1.807) is 0 Å². The standard InChI is InChI=1S/C66H41N3O/c1-2-13-47(14-3-1)68-58-20-8-6-17-53(58)54-36-31-46(40-63(54)68)50-19-12-24-62-66(50)55-18-7-11-23-61(55)67(62)48-33-29-43(30-34-48)42-25-27-44(28-26-42)45-32-37-64-56(39-45)57-41-49(35-38-65(57)70-64)69-59-21-9-4-15-51(59)52-16-5-10-22-60(52)69/h1-41H. The molecular weight excluding hydrogens is 851 g/mol. The van der Waals surface area contributed by atoms with Crippen LogP contribution in [-0.2, 0) is 0 Å². The average molecular weight is 892 g/mol. The van der Waals surface area contributed by atoms with Crippen LogP contribution in [0, 0.1) is 0 Å². The lowest BCUT2D eigenvalue weighted by atomic mass is 9.98. The molecule has 4 nitrogen and oxygen atoms in total. The highest BCUT2D eigenvalue weighted by Crippen LogP contribution is 2.42.